The van der Waals surface area contributed by atoms with E-state index in [1.54, 1.807) is 13.0 Å². The summed E-state index contributed by atoms with van der Waals surface area (Å²) in [7, 11) is 1.53. The van der Waals surface area contributed by atoms with Crippen molar-refractivity contribution in [2.24, 2.45) is 0 Å². The van der Waals surface area contributed by atoms with Crippen molar-refractivity contribution in [3.63, 3.8) is 0 Å². The number of nitrogens with zero attached hydrogens (tertiary/aromatic N) is 1. The first-order chi connectivity index (χ1) is 9.99. The number of hydrogen-bond acceptors (Lipinski definition) is 5. The van der Waals surface area contributed by atoms with Gasteiger partial charge in [-0.15, -0.1) is 0 Å². The second-order valence-electron chi connectivity index (χ2n) is 4.75. The van der Waals surface area contributed by atoms with Gasteiger partial charge in [-0.3, -0.25) is 14.9 Å². The maximum atomic E-state index is 12.2. The van der Waals surface area contributed by atoms with Crippen LogP contribution in [-0.2, 0) is 4.74 Å². The highest BCUT2D eigenvalue weighted by atomic mass is 16.6. The molecule has 0 aliphatic carbocycles. The first kappa shape index (κ1) is 16.9. The van der Waals surface area contributed by atoms with Gasteiger partial charge in [0.15, 0.2) is 0 Å². The third-order valence-corrected chi connectivity index (χ3v) is 2.81. The average Bonchev–Trinajstić information content (AvgIpc) is 2.44. The van der Waals surface area contributed by atoms with E-state index < -0.39 is 10.8 Å². The van der Waals surface area contributed by atoms with E-state index in [1.165, 1.54) is 19.2 Å². The molecule has 7 heteroatoms. The molecule has 116 valence electrons. The van der Waals surface area contributed by atoms with Crippen molar-refractivity contribution in [3.05, 3.63) is 33.9 Å². The van der Waals surface area contributed by atoms with Crippen LogP contribution >= 0.6 is 0 Å². The van der Waals surface area contributed by atoms with Gasteiger partial charge >= 0.3 is 0 Å². The molecule has 0 fully saturated rings. The number of nitro groups is 1. The molecule has 7 nitrogen and oxygen atoms in total. The molecule has 21 heavy (non-hydrogen) atoms. The highest BCUT2D eigenvalue weighted by molar-refractivity contribution is 5.99. The summed E-state index contributed by atoms with van der Waals surface area (Å²) in [6.45, 7) is 4.86. The summed E-state index contributed by atoms with van der Waals surface area (Å²) in [5, 5.41) is 16.8. The lowest BCUT2D eigenvalue weighted by molar-refractivity contribution is -0.385. The Morgan fingerprint density at radius 1 is 1.48 bits per heavy atom. The Morgan fingerprint density at radius 3 is 2.76 bits per heavy atom. The van der Waals surface area contributed by atoms with Gasteiger partial charge in [-0.25, -0.2) is 0 Å². The minimum absolute atomic E-state index is 0.0454. The quantitative estimate of drug-likeness (QED) is 0.566. The lowest BCUT2D eigenvalue weighted by atomic mass is 10.1. The Bertz CT molecular complexity index is 505. The van der Waals surface area contributed by atoms with Crippen molar-refractivity contribution in [2.45, 2.75) is 26.3 Å². The number of methoxy groups -OCH3 is 1. The summed E-state index contributed by atoms with van der Waals surface area (Å²) in [5.41, 5.74) is 0.523. The van der Waals surface area contributed by atoms with Crippen molar-refractivity contribution < 1.29 is 14.5 Å². The van der Waals surface area contributed by atoms with Crippen LogP contribution in [0.15, 0.2) is 18.2 Å². The fourth-order valence-corrected chi connectivity index (χ4v) is 1.85. The number of anilines is 1. The Kier molecular flexibility index (Phi) is 6.61. The second-order valence-corrected chi connectivity index (χ2v) is 4.75. The van der Waals surface area contributed by atoms with E-state index in [-0.39, 0.29) is 17.3 Å². The average molecular weight is 295 g/mol. The Hall–Kier alpha value is -2.15. The molecule has 0 spiro atoms. The van der Waals surface area contributed by atoms with Crippen LogP contribution in [0.25, 0.3) is 0 Å². The van der Waals surface area contributed by atoms with Gasteiger partial charge in [-0.05, 0) is 25.5 Å². The fourth-order valence-electron chi connectivity index (χ4n) is 1.85. The first-order valence-corrected chi connectivity index (χ1v) is 6.81. The summed E-state index contributed by atoms with van der Waals surface area (Å²) in [5.74, 6) is -0.480. The summed E-state index contributed by atoms with van der Waals surface area (Å²) in [6, 6.07) is 4.22. The normalized spacial score (nSPS) is 11.8. The van der Waals surface area contributed by atoms with Crippen LogP contribution < -0.4 is 10.6 Å². The Labute approximate surface area is 123 Å². The zero-order chi connectivity index (χ0) is 15.8. The molecule has 0 saturated carbocycles. The van der Waals surface area contributed by atoms with E-state index in [2.05, 4.69) is 10.6 Å². The van der Waals surface area contributed by atoms with Crippen molar-refractivity contribution >= 4 is 17.3 Å². The van der Waals surface area contributed by atoms with Gasteiger partial charge in [0.1, 0.15) is 5.56 Å². The van der Waals surface area contributed by atoms with Crippen LogP contribution in [-0.4, -0.2) is 37.1 Å². The summed E-state index contributed by atoms with van der Waals surface area (Å²) in [6.07, 6.45) is 0.920. The lowest BCUT2D eigenvalue weighted by Crippen LogP contribution is -2.35. The largest absolute Gasteiger partial charge is 0.385 e. The number of carbonyl (C=O) groups excluding carboxylic acids is 1. The number of nitrogens with one attached hydrogen (secondary N) is 2. The third-order valence-electron chi connectivity index (χ3n) is 2.81. The Morgan fingerprint density at radius 2 is 2.19 bits per heavy atom. The molecule has 2 N–H and O–H groups in total. The molecule has 1 rings (SSSR count). The molecule has 1 amide bonds. The number of ether oxygens (including phenoxy) is 1. The standard InChI is InChI=1S/C14H21N3O4/c1-4-7-15-11-5-6-13(17(19)20)12(8-11)14(18)16-10(2)9-21-3/h5-6,8,10,15H,4,7,9H2,1-3H3,(H,16,18). The van der Waals surface area contributed by atoms with Gasteiger partial charge in [-0.2, -0.15) is 0 Å². The van der Waals surface area contributed by atoms with Crippen LogP contribution in [0.2, 0.25) is 0 Å². The first-order valence-electron chi connectivity index (χ1n) is 6.81. The third kappa shape index (κ3) is 5.03. The molecule has 0 heterocycles. The number of nitro benzene ring substituents is 1. The van der Waals surface area contributed by atoms with Gasteiger partial charge in [0.25, 0.3) is 11.6 Å². The van der Waals surface area contributed by atoms with Crippen LogP contribution in [0.4, 0.5) is 11.4 Å². The van der Waals surface area contributed by atoms with Gasteiger partial charge in [0.2, 0.25) is 0 Å². The van der Waals surface area contributed by atoms with E-state index in [0.717, 1.165) is 13.0 Å². The van der Waals surface area contributed by atoms with Gasteiger partial charge in [0, 0.05) is 31.5 Å². The molecule has 0 radical (unpaired) electrons. The minimum atomic E-state index is -0.556. The van der Waals surface area contributed by atoms with E-state index in [1.807, 2.05) is 6.92 Å². The number of carbonyl (C=O) groups is 1. The molecule has 1 atom stereocenters. The molecule has 0 aliphatic heterocycles. The number of benzene rings is 1. The van der Waals surface area contributed by atoms with Crippen LogP contribution in [0.3, 0.4) is 0 Å². The number of rotatable bonds is 8. The van der Waals surface area contributed by atoms with Gasteiger partial charge in [0.05, 0.1) is 11.5 Å². The van der Waals surface area contributed by atoms with Crippen molar-refractivity contribution in [1.29, 1.82) is 0 Å². The summed E-state index contributed by atoms with van der Waals surface area (Å²) in [4.78, 5) is 22.7. The predicted molar refractivity (Wildman–Crippen MR) is 80.7 cm³/mol. The van der Waals surface area contributed by atoms with Crippen LogP contribution in [0.5, 0.6) is 0 Å². The Balaban J connectivity index is 2.99. The van der Waals surface area contributed by atoms with Crippen molar-refractivity contribution in [3.8, 4) is 0 Å². The van der Waals surface area contributed by atoms with E-state index >= 15 is 0 Å². The molecule has 0 bridgehead atoms. The number of amides is 1. The topological polar surface area (TPSA) is 93.5 Å². The van der Waals surface area contributed by atoms with Crippen molar-refractivity contribution in [2.75, 3.05) is 25.6 Å². The molecular weight excluding hydrogens is 274 g/mol. The highest BCUT2D eigenvalue weighted by Gasteiger charge is 2.21. The summed E-state index contributed by atoms with van der Waals surface area (Å²) >= 11 is 0. The maximum absolute atomic E-state index is 12.2. The maximum Gasteiger partial charge on any atom is 0.282 e. The minimum Gasteiger partial charge on any atom is -0.385 e. The number of hydrogen-bond donors (Lipinski definition) is 2. The second kappa shape index (κ2) is 8.21. The molecule has 1 unspecified atom stereocenters. The van der Waals surface area contributed by atoms with E-state index in [9.17, 15) is 14.9 Å². The molecule has 1 aromatic carbocycles. The smallest absolute Gasteiger partial charge is 0.282 e. The molecule has 1 aromatic rings. The molecule has 0 aliphatic rings. The SMILES string of the molecule is CCCNc1ccc([N+](=O)[O-])c(C(=O)NC(C)COC)c1. The zero-order valence-electron chi connectivity index (χ0n) is 12.5. The monoisotopic (exact) mass is 295 g/mol. The fraction of sp³-hybridized carbons (Fsp3) is 0.500. The van der Waals surface area contributed by atoms with E-state index in [0.29, 0.717) is 12.3 Å². The molecule has 0 saturated heterocycles. The predicted octanol–water partition coefficient (Wildman–Crippen LogP) is 2.18. The van der Waals surface area contributed by atoms with Gasteiger partial charge < -0.3 is 15.4 Å². The van der Waals surface area contributed by atoms with Crippen LogP contribution in [0, 0.1) is 10.1 Å². The van der Waals surface area contributed by atoms with Crippen molar-refractivity contribution in [1.82, 2.24) is 5.32 Å². The zero-order valence-corrected chi connectivity index (χ0v) is 12.5. The summed E-state index contributed by atoms with van der Waals surface area (Å²) < 4.78 is 4.93. The van der Waals surface area contributed by atoms with E-state index in [4.69, 9.17) is 4.74 Å². The highest BCUT2D eigenvalue weighted by Crippen LogP contribution is 2.22. The lowest BCUT2D eigenvalue weighted by Gasteiger charge is -2.13. The van der Waals surface area contributed by atoms with Crippen LogP contribution in [0.1, 0.15) is 30.6 Å². The van der Waals surface area contributed by atoms with Gasteiger partial charge in [-0.1, -0.05) is 6.92 Å². The molecule has 0 aromatic heterocycles. The molecular formula is C14H21N3O4.